The SMILES string of the molecule is C1=CCCC=CCC1.[F][Sb-]([F])([F])([F])([F])[F].[H+].[Rh]. The van der Waals surface area contributed by atoms with E-state index in [0.29, 0.717) is 0 Å². The number of hydrogen-bond donors (Lipinski definition) is 0. The molecule has 0 aromatic rings. The summed E-state index contributed by atoms with van der Waals surface area (Å²) in [6.07, 6.45) is 14.0. The fourth-order valence-corrected chi connectivity index (χ4v) is 0.856. The predicted octanol–water partition coefficient (Wildman–Crippen LogP) is 4.92. The van der Waals surface area contributed by atoms with E-state index in [4.69, 9.17) is 0 Å². The summed E-state index contributed by atoms with van der Waals surface area (Å²) in [7, 11) is 0. The van der Waals surface area contributed by atoms with E-state index in [1.54, 1.807) is 0 Å². The predicted molar refractivity (Wildman–Crippen MR) is 50.3 cm³/mol. The van der Waals surface area contributed by atoms with E-state index in [1.165, 1.54) is 25.7 Å². The zero-order chi connectivity index (χ0) is 12.1. The molecular formula is C8H13F6RhSb. The van der Waals surface area contributed by atoms with Gasteiger partial charge in [0.1, 0.15) is 0 Å². The van der Waals surface area contributed by atoms with Crippen molar-refractivity contribution in [1.82, 2.24) is 0 Å². The first kappa shape index (κ1) is 18.9. The number of rotatable bonds is 0. The van der Waals surface area contributed by atoms with E-state index in [9.17, 15) is 16.9 Å². The molecule has 1 radical (unpaired) electrons. The smallest absolute Gasteiger partial charge is 0 e. The van der Waals surface area contributed by atoms with Gasteiger partial charge >= 0.3 is 37.8 Å². The van der Waals surface area contributed by atoms with Gasteiger partial charge in [0.2, 0.25) is 0 Å². The molecule has 0 bridgehead atoms. The second-order valence-corrected chi connectivity index (χ2v) is 8.53. The Balaban J connectivity index is -0.000000208. The standard InChI is InChI=1S/C8H12.6FH.Rh.Sb/c1-2-4-6-8-7-5-3-1;;;;;;;;/h1-2,7-8H,3-6H2;6*1H;;/q;;;;;;;;+5/p-5. The summed E-state index contributed by atoms with van der Waals surface area (Å²) in [4.78, 5) is 0. The van der Waals surface area contributed by atoms with Crippen LogP contribution in [0.5, 0.6) is 0 Å². The van der Waals surface area contributed by atoms with E-state index in [2.05, 4.69) is 24.3 Å². The molecule has 16 heavy (non-hydrogen) atoms. The van der Waals surface area contributed by atoms with Crippen molar-refractivity contribution in [2.24, 2.45) is 0 Å². The maximum Gasteiger partial charge on any atom is 1.00 e. The van der Waals surface area contributed by atoms with Crippen molar-refractivity contribution in [3.63, 3.8) is 0 Å². The minimum absolute atomic E-state index is 0. The van der Waals surface area contributed by atoms with Crippen LogP contribution in [0.1, 0.15) is 27.1 Å². The molecule has 0 fully saturated rings. The summed E-state index contributed by atoms with van der Waals surface area (Å²) in [6.45, 7) is 0. The molecule has 1 rings (SSSR count). The van der Waals surface area contributed by atoms with Crippen LogP contribution >= 0.6 is 0 Å². The van der Waals surface area contributed by atoms with Gasteiger partial charge in [-0.25, -0.2) is 0 Å². The molecule has 1 aliphatic carbocycles. The van der Waals surface area contributed by atoms with Crippen molar-refractivity contribution < 1.29 is 37.8 Å². The quantitative estimate of drug-likeness (QED) is 0.281. The van der Waals surface area contributed by atoms with Crippen LogP contribution in [-0.4, -0.2) is 19.5 Å². The Bertz CT molecular complexity index is 219. The van der Waals surface area contributed by atoms with Crippen molar-refractivity contribution in [3.05, 3.63) is 24.3 Å². The Morgan fingerprint density at radius 3 is 0.875 bits per heavy atom. The van der Waals surface area contributed by atoms with Crippen molar-refractivity contribution in [2.75, 3.05) is 0 Å². The molecule has 0 atom stereocenters. The minimum Gasteiger partial charge on any atom is 0 e. The second-order valence-electron chi connectivity index (χ2n) is 3.06. The van der Waals surface area contributed by atoms with Crippen molar-refractivity contribution >= 4 is 19.5 Å². The van der Waals surface area contributed by atoms with E-state index < -0.39 is 19.5 Å². The maximum atomic E-state index is 9.93. The molecule has 0 aliphatic heterocycles. The second kappa shape index (κ2) is 5.90. The maximum absolute atomic E-state index is 11.2. The Morgan fingerprint density at radius 2 is 0.750 bits per heavy atom. The first-order valence-electron chi connectivity index (χ1n) is 4.31. The summed E-state index contributed by atoms with van der Waals surface area (Å²) >= 11 is -11.2. The third-order valence-electron chi connectivity index (χ3n) is 1.33. The third kappa shape index (κ3) is 36.6. The van der Waals surface area contributed by atoms with Crippen LogP contribution in [0.3, 0.4) is 0 Å². The molecular weight excluding hydrogens is 435 g/mol. The number of halogens is 6. The van der Waals surface area contributed by atoms with E-state index >= 15 is 0 Å². The fourth-order valence-electron chi connectivity index (χ4n) is 0.856. The van der Waals surface area contributed by atoms with Crippen LogP contribution < -0.4 is 0 Å². The molecule has 0 heterocycles. The van der Waals surface area contributed by atoms with E-state index in [1.807, 2.05) is 0 Å². The van der Waals surface area contributed by atoms with Gasteiger partial charge in [-0.05, 0) is 25.7 Å². The molecule has 0 amide bonds. The van der Waals surface area contributed by atoms with Crippen LogP contribution in [0.15, 0.2) is 24.3 Å². The molecule has 0 spiro atoms. The zero-order valence-corrected chi connectivity index (χ0v) is 12.4. The summed E-state index contributed by atoms with van der Waals surface area (Å²) in [5.41, 5.74) is 0. The van der Waals surface area contributed by atoms with Gasteiger partial charge in [-0.1, -0.05) is 24.3 Å². The van der Waals surface area contributed by atoms with Gasteiger partial charge in [0.25, 0.3) is 0 Å². The topological polar surface area (TPSA) is 0 Å². The van der Waals surface area contributed by atoms with Crippen molar-refractivity contribution in [2.45, 2.75) is 25.7 Å². The van der Waals surface area contributed by atoms with Crippen LogP contribution in [0, 0.1) is 0 Å². The van der Waals surface area contributed by atoms with Gasteiger partial charge in [0, 0.05) is 19.5 Å². The van der Waals surface area contributed by atoms with Crippen LogP contribution in [-0.2, 0) is 19.5 Å². The van der Waals surface area contributed by atoms with Gasteiger partial charge in [-0.3, -0.25) is 0 Å². The van der Waals surface area contributed by atoms with Gasteiger partial charge in [-0.15, -0.1) is 0 Å². The molecule has 1 aliphatic rings. The fraction of sp³-hybridized carbons (Fsp3) is 0.500. The Morgan fingerprint density at radius 1 is 0.625 bits per heavy atom. The summed E-state index contributed by atoms with van der Waals surface area (Å²) in [5.74, 6) is 0. The van der Waals surface area contributed by atoms with Crippen LogP contribution in [0.2, 0.25) is 0 Å². The van der Waals surface area contributed by atoms with Gasteiger partial charge < -0.3 is 0 Å². The summed E-state index contributed by atoms with van der Waals surface area (Å²) < 4.78 is 59.6. The van der Waals surface area contributed by atoms with Gasteiger partial charge in [-0.2, -0.15) is 0 Å². The number of allylic oxidation sites excluding steroid dienone is 4. The van der Waals surface area contributed by atoms with Crippen molar-refractivity contribution in [3.8, 4) is 0 Å². The van der Waals surface area contributed by atoms with Gasteiger partial charge in [0.05, 0.1) is 0 Å². The zero-order valence-electron chi connectivity index (χ0n) is 9.19. The minimum atomic E-state index is -11.2. The molecule has 101 valence electrons. The first-order valence-corrected chi connectivity index (χ1v) is 10.1. The van der Waals surface area contributed by atoms with E-state index in [-0.39, 0.29) is 20.9 Å². The molecule has 0 saturated carbocycles. The average Bonchev–Trinajstić information content (AvgIpc) is 1.75. The molecule has 0 aromatic carbocycles. The largest absolute Gasteiger partial charge is 1.00 e. The average molecular weight is 448 g/mol. The van der Waals surface area contributed by atoms with Crippen LogP contribution in [0.25, 0.3) is 0 Å². The van der Waals surface area contributed by atoms with Gasteiger partial charge in [0.15, 0.2) is 0 Å². The molecule has 0 aromatic heterocycles. The third-order valence-corrected chi connectivity index (χ3v) is 1.33. The normalized spacial score (nSPS) is 20.1. The Hall–Kier alpha value is 0.502. The molecule has 0 saturated heterocycles. The summed E-state index contributed by atoms with van der Waals surface area (Å²) in [5, 5.41) is 0. The Labute approximate surface area is 107 Å². The number of hydrogen-bond acceptors (Lipinski definition) is 0. The monoisotopic (exact) mass is 447 g/mol. The van der Waals surface area contributed by atoms with Crippen molar-refractivity contribution in [1.29, 1.82) is 0 Å². The molecule has 0 nitrogen and oxygen atoms in total. The first-order chi connectivity index (χ1) is 6.45. The van der Waals surface area contributed by atoms with Crippen LogP contribution in [0.4, 0.5) is 16.9 Å². The molecule has 8 heteroatoms. The molecule has 0 unspecified atom stereocenters. The summed E-state index contributed by atoms with van der Waals surface area (Å²) in [6, 6.07) is 0. The molecule has 0 N–H and O–H groups in total. The Kier molecular flexibility index (Phi) is 6.96. The van der Waals surface area contributed by atoms with E-state index in [0.717, 1.165) is 0 Å².